The fourth-order valence-corrected chi connectivity index (χ4v) is 0. The molecular weight excluding hydrogens is 187 g/mol. The van der Waals surface area contributed by atoms with E-state index < -0.39 is 0 Å². The molecule has 0 atom stereocenters. The molecule has 0 heterocycles. The molecule has 0 rings (SSSR count). The molecule has 0 amide bonds. The highest BCUT2D eigenvalue weighted by atomic mass is 79.9. The largest absolute Gasteiger partial charge is 0.120 e. The average molecular weight is 200 g/mol. The van der Waals surface area contributed by atoms with Crippen molar-refractivity contribution in [3.05, 3.63) is 0 Å². The van der Waals surface area contributed by atoms with Crippen molar-refractivity contribution in [1.82, 2.24) is 0 Å². The van der Waals surface area contributed by atoms with Crippen LogP contribution in [-0.4, -0.2) is 13.7 Å². The molecule has 0 aliphatic rings. The molecule has 2 heteroatoms. The molecule has 0 bridgehead atoms. The van der Waals surface area contributed by atoms with E-state index in [-0.39, 0.29) is 15.8 Å². The lowest BCUT2D eigenvalue weighted by Crippen LogP contribution is -1.45. The second-order valence-corrected chi connectivity index (χ2v) is 1.46. The zero-order valence-electron chi connectivity index (χ0n) is 5.52. The van der Waals surface area contributed by atoms with Gasteiger partial charge in [0, 0.05) is 14.8 Å². The van der Waals surface area contributed by atoms with Crippen molar-refractivity contribution in [2.24, 2.45) is 0 Å². The molecule has 0 N–H and O–H groups in total. The predicted octanol–water partition coefficient (Wildman–Crippen LogP) is 2.30. The lowest BCUT2D eigenvalue weighted by molar-refractivity contribution is 1.28. The Hall–Kier alpha value is -0.335. The van der Waals surface area contributed by atoms with Crippen molar-refractivity contribution >= 4 is 24.3 Å². The van der Waals surface area contributed by atoms with Gasteiger partial charge in [-0.2, -0.15) is 0 Å². The fraction of sp³-hybridized carbons (Fsp3) is 0.500. The van der Waals surface area contributed by atoms with E-state index in [0.29, 0.717) is 5.33 Å². The Morgan fingerprint density at radius 3 is 1.50 bits per heavy atom. The first-order chi connectivity index (χ1) is 3.83. The second kappa shape index (κ2) is 37.9. The summed E-state index contributed by atoms with van der Waals surface area (Å²) in [6.07, 6.45) is 10.4. The normalized spacial score (nSPS) is 4.00. The van der Waals surface area contributed by atoms with Gasteiger partial charge in [0.1, 0.15) is 0 Å². The first-order valence-corrected chi connectivity index (χ1v) is 3.38. The van der Waals surface area contributed by atoms with Gasteiger partial charge >= 0.3 is 0 Å². The molecule has 0 saturated carbocycles. The van der Waals surface area contributed by atoms with Crippen LogP contribution in [0.25, 0.3) is 0 Å². The molecule has 0 aliphatic carbocycles. The topological polar surface area (TPSA) is 0 Å². The van der Waals surface area contributed by atoms with E-state index >= 15 is 0 Å². The number of terminal acetylenes is 2. The number of rotatable bonds is 0. The Balaban J connectivity index is -0.0000000300. The third-order valence-electron chi connectivity index (χ3n) is 0.281. The molecule has 0 aliphatic heterocycles. The maximum atomic E-state index is 4.78. The van der Waals surface area contributed by atoms with E-state index in [0.717, 1.165) is 6.42 Å². The van der Waals surface area contributed by atoms with Crippen molar-refractivity contribution in [1.29, 1.82) is 0 Å². The molecule has 0 unspecified atom stereocenters. The van der Waals surface area contributed by atoms with Gasteiger partial charge in [0.15, 0.2) is 0 Å². The summed E-state index contributed by atoms with van der Waals surface area (Å²) >= 11 is 3.01. The molecule has 55 valence electrons. The minimum Gasteiger partial charge on any atom is -0.120 e. The molecule has 0 saturated heterocycles. The van der Waals surface area contributed by atoms with E-state index in [1.807, 2.05) is 6.92 Å². The van der Waals surface area contributed by atoms with Gasteiger partial charge in [0.25, 0.3) is 0 Å². The zero-order chi connectivity index (χ0) is 6.83. The highest BCUT2D eigenvalue weighted by Gasteiger charge is 1.46. The van der Waals surface area contributed by atoms with E-state index in [9.17, 15) is 0 Å². The van der Waals surface area contributed by atoms with E-state index in [2.05, 4.69) is 27.8 Å². The Bertz CT molecular complexity index is 82.8. The van der Waals surface area contributed by atoms with E-state index in [1.54, 1.807) is 0 Å². The van der Waals surface area contributed by atoms with Crippen LogP contribution in [0.2, 0.25) is 0 Å². The molecule has 10 heavy (non-hydrogen) atoms. The van der Waals surface area contributed by atoms with Crippen LogP contribution in [-0.2, 0) is 0 Å². The van der Waals surface area contributed by atoms with Crippen molar-refractivity contribution in [2.45, 2.75) is 20.8 Å². The Kier molecular flexibility index (Phi) is 85.7. The van der Waals surface area contributed by atoms with Gasteiger partial charge in [-0.25, -0.2) is 0 Å². The lowest BCUT2D eigenvalue weighted by Gasteiger charge is -1.52. The smallest absolute Gasteiger partial charge is 0.0642 e. The minimum absolute atomic E-state index is 0. The van der Waals surface area contributed by atoms with Gasteiger partial charge in [-0.3, -0.25) is 0 Å². The van der Waals surface area contributed by atoms with Crippen LogP contribution in [0.15, 0.2) is 0 Å². The van der Waals surface area contributed by atoms with Gasteiger partial charge in [0.05, 0.1) is 5.33 Å². The third kappa shape index (κ3) is 123. The van der Waals surface area contributed by atoms with Gasteiger partial charge in [0.2, 0.25) is 0 Å². The van der Waals surface area contributed by atoms with E-state index in [1.165, 1.54) is 0 Å². The molecule has 0 aromatic rings. The zero-order valence-corrected chi connectivity index (χ0v) is 7.11. The molecule has 3 radical (unpaired) electrons. The summed E-state index contributed by atoms with van der Waals surface area (Å²) in [5.74, 6) is 4.78. The summed E-state index contributed by atoms with van der Waals surface area (Å²) in [6, 6.07) is 0. The SMILES string of the molecule is C.C#CCBr.C#CCC.[B]. The Morgan fingerprint density at radius 1 is 1.30 bits per heavy atom. The van der Waals surface area contributed by atoms with Crippen LogP contribution in [0, 0.1) is 24.7 Å². The summed E-state index contributed by atoms with van der Waals surface area (Å²) in [6.45, 7) is 1.94. The minimum atomic E-state index is 0. The molecule has 0 nitrogen and oxygen atoms in total. The van der Waals surface area contributed by atoms with Crippen LogP contribution in [0.5, 0.6) is 0 Å². The number of alkyl halides is 1. The van der Waals surface area contributed by atoms with Gasteiger partial charge in [-0.05, 0) is 0 Å². The van der Waals surface area contributed by atoms with Gasteiger partial charge in [-0.1, -0.05) is 36.2 Å². The Labute approximate surface area is 75.5 Å². The van der Waals surface area contributed by atoms with Crippen LogP contribution < -0.4 is 0 Å². The van der Waals surface area contributed by atoms with Crippen molar-refractivity contribution in [3.8, 4) is 24.7 Å². The monoisotopic (exact) mass is 199 g/mol. The highest BCUT2D eigenvalue weighted by Crippen LogP contribution is 1.68. The average Bonchev–Trinajstić information content (AvgIpc) is 1.88. The molecule has 0 fully saturated rings. The number of hydrogen-bond acceptors (Lipinski definition) is 0. The van der Waals surface area contributed by atoms with Gasteiger partial charge in [-0.15, -0.1) is 18.8 Å². The summed E-state index contributed by atoms with van der Waals surface area (Å²) in [4.78, 5) is 0. The summed E-state index contributed by atoms with van der Waals surface area (Å²) < 4.78 is 0. The quantitative estimate of drug-likeness (QED) is 0.319. The maximum absolute atomic E-state index is 4.78. The summed E-state index contributed by atoms with van der Waals surface area (Å²) in [7, 11) is 0. The summed E-state index contributed by atoms with van der Waals surface area (Å²) in [5.41, 5.74) is 0. The van der Waals surface area contributed by atoms with Crippen molar-refractivity contribution in [3.63, 3.8) is 0 Å². The first kappa shape index (κ1) is 22.6. The number of hydrogen-bond donors (Lipinski definition) is 0. The summed E-state index contributed by atoms with van der Waals surface area (Å²) in [5, 5.41) is 0.660. The molecular formula is C8H13BBr. The highest BCUT2D eigenvalue weighted by molar-refractivity contribution is 9.09. The molecule has 0 spiro atoms. The third-order valence-corrected chi connectivity index (χ3v) is 0.605. The second-order valence-electron chi connectivity index (χ2n) is 0.895. The standard InChI is InChI=1S/C4H6.C3H3Br.CH4.B/c1-3-4-2;1-2-3-4;;/h1H,4H2,2H3;1H,3H2;1H4;. The number of halogens is 1. The van der Waals surface area contributed by atoms with Crippen LogP contribution in [0.1, 0.15) is 20.8 Å². The molecule has 0 aromatic carbocycles. The van der Waals surface area contributed by atoms with Crippen molar-refractivity contribution in [2.75, 3.05) is 5.33 Å². The van der Waals surface area contributed by atoms with Crippen LogP contribution in [0.3, 0.4) is 0 Å². The van der Waals surface area contributed by atoms with Crippen LogP contribution >= 0.6 is 15.9 Å². The van der Waals surface area contributed by atoms with E-state index in [4.69, 9.17) is 12.8 Å². The fourth-order valence-electron chi connectivity index (χ4n) is 0. The first-order valence-electron chi connectivity index (χ1n) is 2.26. The predicted molar refractivity (Wildman–Crippen MR) is 54.2 cm³/mol. The lowest BCUT2D eigenvalue weighted by atomic mass is 10.5. The Morgan fingerprint density at radius 2 is 1.50 bits per heavy atom. The molecule has 0 aromatic heterocycles. The van der Waals surface area contributed by atoms with Crippen LogP contribution in [0.4, 0.5) is 0 Å². The maximum Gasteiger partial charge on any atom is 0.0642 e. The van der Waals surface area contributed by atoms with Gasteiger partial charge < -0.3 is 0 Å². The van der Waals surface area contributed by atoms with Crippen molar-refractivity contribution < 1.29 is 0 Å².